The van der Waals surface area contributed by atoms with Crippen molar-refractivity contribution in [3.05, 3.63) is 24.1 Å². The lowest BCUT2D eigenvalue weighted by Gasteiger charge is -1.95. The Labute approximate surface area is 104 Å². The number of aromatic nitrogens is 1. The van der Waals surface area contributed by atoms with Crippen molar-refractivity contribution in [1.29, 1.82) is 0 Å². The number of methoxy groups -OCH3 is 1. The molecule has 0 aliphatic rings. The number of aliphatic carboxylic acids is 1. The highest BCUT2D eigenvalue weighted by Crippen LogP contribution is 2.22. The molecule has 0 aliphatic heterocycles. The van der Waals surface area contributed by atoms with Gasteiger partial charge in [0.05, 0.1) is 7.11 Å². The molecule has 0 unspecified atom stereocenters. The molecule has 0 atom stereocenters. The summed E-state index contributed by atoms with van der Waals surface area (Å²) in [5.41, 5.74) is 1.49. The number of hydrogen-bond acceptors (Lipinski definition) is 4. The van der Waals surface area contributed by atoms with E-state index in [1.807, 2.05) is 18.2 Å². The van der Waals surface area contributed by atoms with Crippen LogP contribution in [0.5, 0.6) is 5.75 Å². The fourth-order valence-corrected chi connectivity index (χ4v) is 1.74. The Kier molecular flexibility index (Phi) is 3.82. The summed E-state index contributed by atoms with van der Waals surface area (Å²) in [6.45, 7) is 0. The van der Waals surface area contributed by atoms with Crippen molar-refractivity contribution in [3.8, 4) is 5.75 Å². The minimum absolute atomic E-state index is 0.189. The summed E-state index contributed by atoms with van der Waals surface area (Å²) in [4.78, 5) is 14.7. The van der Waals surface area contributed by atoms with E-state index in [9.17, 15) is 4.79 Å². The van der Waals surface area contributed by atoms with Gasteiger partial charge in [0.2, 0.25) is 0 Å². The molecule has 0 spiro atoms. The maximum atomic E-state index is 10.4. The summed E-state index contributed by atoms with van der Waals surface area (Å²) in [5.74, 6) is 0.620. The van der Waals surface area contributed by atoms with Crippen LogP contribution >= 0.6 is 0 Å². The molecular formula is C13H15NO4. The average molecular weight is 249 g/mol. The summed E-state index contributed by atoms with van der Waals surface area (Å²) in [6.07, 6.45) is 2.24. The van der Waals surface area contributed by atoms with Gasteiger partial charge in [-0.2, -0.15) is 0 Å². The zero-order chi connectivity index (χ0) is 13.0. The minimum Gasteiger partial charge on any atom is -0.497 e. The van der Waals surface area contributed by atoms with Gasteiger partial charge in [0.1, 0.15) is 11.3 Å². The van der Waals surface area contributed by atoms with Crippen LogP contribution in [0, 0.1) is 0 Å². The molecule has 1 heterocycles. The number of carbonyl (C=O) groups is 1. The van der Waals surface area contributed by atoms with E-state index < -0.39 is 5.97 Å². The Morgan fingerprint density at radius 2 is 2.28 bits per heavy atom. The van der Waals surface area contributed by atoms with Crippen LogP contribution < -0.4 is 4.74 Å². The largest absolute Gasteiger partial charge is 0.497 e. The van der Waals surface area contributed by atoms with Crippen LogP contribution in [0.1, 0.15) is 25.2 Å². The molecule has 0 amide bonds. The second kappa shape index (κ2) is 5.53. The lowest BCUT2D eigenvalue weighted by Crippen LogP contribution is -1.94. The number of unbranched alkanes of at least 4 members (excludes halogenated alkanes) is 1. The van der Waals surface area contributed by atoms with Gasteiger partial charge in [-0.3, -0.25) is 4.79 Å². The molecule has 0 aliphatic carbocycles. The van der Waals surface area contributed by atoms with Crippen LogP contribution in [-0.2, 0) is 11.2 Å². The molecule has 1 aromatic heterocycles. The number of hydrogen-bond donors (Lipinski definition) is 1. The van der Waals surface area contributed by atoms with Crippen LogP contribution in [0.2, 0.25) is 0 Å². The topological polar surface area (TPSA) is 72.6 Å². The van der Waals surface area contributed by atoms with E-state index in [0.29, 0.717) is 18.7 Å². The molecule has 0 fully saturated rings. The van der Waals surface area contributed by atoms with Gasteiger partial charge in [-0.15, -0.1) is 0 Å². The van der Waals surface area contributed by atoms with Crippen LogP contribution in [0.25, 0.3) is 11.1 Å². The first-order valence-electron chi connectivity index (χ1n) is 5.84. The quantitative estimate of drug-likeness (QED) is 0.797. The number of fused-ring (bicyclic) bond motifs is 1. The maximum absolute atomic E-state index is 10.4. The van der Waals surface area contributed by atoms with Crippen molar-refractivity contribution in [3.63, 3.8) is 0 Å². The minimum atomic E-state index is -0.766. The van der Waals surface area contributed by atoms with E-state index in [1.165, 1.54) is 0 Å². The predicted molar refractivity (Wildman–Crippen MR) is 65.8 cm³/mol. The van der Waals surface area contributed by atoms with Crippen molar-refractivity contribution in [1.82, 2.24) is 4.98 Å². The van der Waals surface area contributed by atoms with Crippen molar-refractivity contribution in [2.45, 2.75) is 25.7 Å². The molecule has 2 aromatic rings. The summed E-state index contributed by atoms with van der Waals surface area (Å²) in [7, 11) is 1.61. The molecule has 0 bridgehead atoms. The number of aryl methyl sites for hydroxylation is 1. The van der Waals surface area contributed by atoms with Gasteiger partial charge >= 0.3 is 5.97 Å². The van der Waals surface area contributed by atoms with E-state index in [2.05, 4.69) is 4.98 Å². The molecule has 5 nitrogen and oxygen atoms in total. The first kappa shape index (κ1) is 12.4. The molecule has 0 saturated heterocycles. The highest BCUT2D eigenvalue weighted by Gasteiger charge is 2.07. The Balaban J connectivity index is 1.99. The molecule has 1 aromatic carbocycles. The number of ether oxygens (including phenoxy) is 1. The number of rotatable bonds is 6. The van der Waals surface area contributed by atoms with E-state index in [0.717, 1.165) is 23.3 Å². The second-order valence-corrected chi connectivity index (χ2v) is 4.04. The van der Waals surface area contributed by atoms with E-state index in [-0.39, 0.29) is 6.42 Å². The number of carboxylic acid groups (broad SMARTS) is 1. The lowest BCUT2D eigenvalue weighted by molar-refractivity contribution is -0.137. The summed E-state index contributed by atoms with van der Waals surface area (Å²) < 4.78 is 10.7. The molecular weight excluding hydrogens is 234 g/mol. The molecule has 18 heavy (non-hydrogen) atoms. The summed E-state index contributed by atoms with van der Waals surface area (Å²) >= 11 is 0. The normalized spacial score (nSPS) is 10.7. The van der Waals surface area contributed by atoms with Gasteiger partial charge in [0.15, 0.2) is 11.5 Å². The number of carboxylic acids is 1. The van der Waals surface area contributed by atoms with Gasteiger partial charge in [0, 0.05) is 18.9 Å². The van der Waals surface area contributed by atoms with Gasteiger partial charge in [-0.1, -0.05) is 0 Å². The first-order chi connectivity index (χ1) is 8.69. The number of nitrogens with zero attached hydrogens (tertiary/aromatic N) is 1. The van der Waals surface area contributed by atoms with Crippen LogP contribution in [0.4, 0.5) is 0 Å². The van der Waals surface area contributed by atoms with E-state index in [1.54, 1.807) is 7.11 Å². The highest BCUT2D eigenvalue weighted by molar-refractivity contribution is 5.74. The summed E-state index contributed by atoms with van der Waals surface area (Å²) in [6, 6.07) is 5.46. The van der Waals surface area contributed by atoms with Crippen molar-refractivity contribution in [2.75, 3.05) is 7.11 Å². The Morgan fingerprint density at radius 1 is 1.44 bits per heavy atom. The van der Waals surface area contributed by atoms with E-state index in [4.69, 9.17) is 14.3 Å². The standard InChI is InChI=1S/C13H15NO4/c1-17-9-6-7-11-10(8-9)14-12(18-11)4-2-3-5-13(15)16/h6-8H,2-5H2,1H3,(H,15,16). The van der Waals surface area contributed by atoms with E-state index >= 15 is 0 Å². The molecule has 1 N–H and O–H groups in total. The van der Waals surface area contributed by atoms with Gasteiger partial charge < -0.3 is 14.3 Å². The monoisotopic (exact) mass is 249 g/mol. The zero-order valence-corrected chi connectivity index (χ0v) is 10.2. The lowest BCUT2D eigenvalue weighted by atomic mass is 10.2. The highest BCUT2D eigenvalue weighted by atomic mass is 16.5. The molecule has 2 rings (SSSR count). The molecule has 0 radical (unpaired) electrons. The fourth-order valence-electron chi connectivity index (χ4n) is 1.74. The smallest absolute Gasteiger partial charge is 0.303 e. The van der Waals surface area contributed by atoms with Crippen molar-refractivity contribution in [2.24, 2.45) is 0 Å². The zero-order valence-electron chi connectivity index (χ0n) is 10.2. The van der Waals surface area contributed by atoms with Crippen LogP contribution in [0.15, 0.2) is 22.6 Å². The third kappa shape index (κ3) is 3.00. The van der Waals surface area contributed by atoms with Gasteiger partial charge in [-0.05, 0) is 25.0 Å². The van der Waals surface area contributed by atoms with Crippen molar-refractivity contribution < 1.29 is 19.1 Å². The van der Waals surface area contributed by atoms with Crippen molar-refractivity contribution >= 4 is 17.1 Å². The molecule has 5 heteroatoms. The predicted octanol–water partition coefficient (Wildman–Crippen LogP) is 2.63. The third-order valence-electron chi connectivity index (χ3n) is 2.67. The third-order valence-corrected chi connectivity index (χ3v) is 2.67. The van der Waals surface area contributed by atoms with Crippen LogP contribution in [0.3, 0.4) is 0 Å². The SMILES string of the molecule is COc1ccc2oc(CCCCC(=O)O)nc2c1. The summed E-state index contributed by atoms with van der Waals surface area (Å²) in [5, 5.41) is 8.53. The number of benzene rings is 1. The first-order valence-corrected chi connectivity index (χ1v) is 5.84. The fraction of sp³-hybridized carbons (Fsp3) is 0.385. The Hall–Kier alpha value is -2.04. The maximum Gasteiger partial charge on any atom is 0.303 e. The Bertz CT molecular complexity index is 547. The van der Waals surface area contributed by atoms with Gasteiger partial charge in [-0.25, -0.2) is 4.98 Å². The Morgan fingerprint density at radius 3 is 3.00 bits per heavy atom. The molecule has 96 valence electrons. The van der Waals surface area contributed by atoms with Crippen LogP contribution in [-0.4, -0.2) is 23.2 Å². The second-order valence-electron chi connectivity index (χ2n) is 4.04. The molecule has 0 saturated carbocycles. The average Bonchev–Trinajstić information content (AvgIpc) is 2.75. The van der Waals surface area contributed by atoms with Gasteiger partial charge in [0.25, 0.3) is 0 Å². The number of oxazole rings is 1.